The monoisotopic (exact) mass is 353 g/mol. The van der Waals surface area contributed by atoms with Crippen LogP contribution in [0.2, 0.25) is 0 Å². The lowest BCUT2D eigenvalue weighted by atomic mass is 10.1. The quantitative estimate of drug-likeness (QED) is 0.871. The molecule has 2 rings (SSSR count). The van der Waals surface area contributed by atoms with Gasteiger partial charge in [-0.05, 0) is 33.6 Å². The first-order chi connectivity index (χ1) is 8.87. The number of thiazole rings is 1. The molecule has 1 saturated carbocycles. The summed E-state index contributed by atoms with van der Waals surface area (Å²) in [5.74, 6) is 0.522. The fraction of sp³-hybridized carbons (Fsp3) is 0.714. The van der Waals surface area contributed by atoms with Gasteiger partial charge in [0, 0.05) is 18.0 Å². The Morgan fingerprint density at radius 2 is 1.95 bits per heavy atom. The van der Waals surface area contributed by atoms with E-state index in [1.54, 1.807) is 11.3 Å². The largest absolute Gasteiger partial charge is 0.349 e. The molecule has 0 radical (unpaired) electrons. The van der Waals surface area contributed by atoms with Gasteiger partial charge in [-0.15, -0.1) is 36.2 Å². The molecule has 0 unspecified atom stereocenters. The fourth-order valence-electron chi connectivity index (χ4n) is 2.36. The topological polar surface area (TPSA) is 68.0 Å². The van der Waals surface area contributed by atoms with Crippen LogP contribution in [-0.4, -0.2) is 23.0 Å². The number of rotatable bonds is 4. The summed E-state index contributed by atoms with van der Waals surface area (Å²) in [6.45, 7) is 6.19. The second-order valence-electron chi connectivity index (χ2n) is 6.12. The molecule has 7 heteroatoms. The molecule has 122 valence electrons. The van der Waals surface area contributed by atoms with Crippen molar-refractivity contribution in [1.82, 2.24) is 10.3 Å². The van der Waals surface area contributed by atoms with Crippen LogP contribution in [0.15, 0.2) is 0 Å². The van der Waals surface area contributed by atoms with Crippen molar-refractivity contribution in [1.29, 1.82) is 0 Å². The molecule has 0 spiro atoms. The maximum atomic E-state index is 12.1. The summed E-state index contributed by atoms with van der Waals surface area (Å²) in [6.07, 6.45) is 4.99. The predicted molar refractivity (Wildman–Crippen MR) is 93.2 cm³/mol. The summed E-state index contributed by atoms with van der Waals surface area (Å²) in [5, 5.41) is 4.02. The molecule has 1 heterocycles. The van der Waals surface area contributed by atoms with Crippen molar-refractivity contribution < 1.29 is 4.79 Å². The highest BCUT2D eigenvalue weighted by Gasteiger charge is 2.24. The number of carbonyl (C=O) groups excluding carboxylic acids is 1. The Hall–Kier alpha value is -0.360. The number of amides is 1. The molecule has 1 amide bonds. The van der Waals surface area contributed by atoms with Gasteiger partial charge < -0.3 is 11.1 Å². The highest BCUT2D eigenvalue weighted by Crippen LogP contribution is 2.37. The van der Waals surface area contributed by atoms with Crippen molar-refractivity contribution in [3.63, 3.8) is 0 Å². The van der Waals surface area contributed by atoms with Gasteiger partial charge in [-0.2, -0.15) is 0 Å². The Kier molecular flexibility index (Phi) is 8.18. The number of nitrogens with zero attached hydrogens (tertiary/aromatic N) is 1. The fourth-order valence-corrected chi connectivity index (χ4v) is 3.52. The van der Waals surface area contributed by atoms with Gasteiger partial charge in [0.25, 0.3) is 5.91 Å². The summed E-state index contributed by atoms with van der Waals surface area (Å²) >= 11 is 1.55. The molecule has 1 aromatic heterocycles. The third-order valence-corrected chi connectivity index (χ3v) is 4.75. The van der Waals surface area contributed by atoms with E-state index in [9.17, 15) is 4.79 Å². The zero-order valence-electron chi connectivity index (χ0n) is 12.8. The Labute approximate surface area is 143 Å². The molecule has 4 nitrogen and oxygen atoms in total. The zero-order valence-corrected chi connectivity index (χ0v) is 15.2. The van der Waals surface area contributed by atoms with Crippen LogP contribution in [-0.2, 0) is 0 Å². The van der Waals surface area contributed by atoms with Crippen LogP contribution in [0.4, 0.5) is 0 Å². The van der Waals surface area contributed by atoms with E-state index in [1.807, 2.05) is 20.8 Å². The summed E-state index contributed by atoms with van der Waals surface area (Å²) in [5.41, 5.74) is 6.34. The Balaban J connectivity index is 0.00000200. The second kappa shape index (κ2) is 8.32. The molecule has 0 saturated heterocycles. The molecule has 1 aliphatic carbocycles. The predicted octanol–water partition coefficient (Wildman–Crippen LogP) is 3.42. The van der Waals surface area contributed by atoms with Crippen LogP contribution in [0.3, 0.4) is 0 Å². The molecular weight excluding hydrogens is 329 g/mol. The van der Waals surface area contributed by atoms with E-state index in [2.05, 4.69) is 10.3 Å². The summed E-state index contributed by atoms with van der Waals surface area (Å²) in [7, 11) is 0. The van der Waals surface area contributed by atoms with E-state index < -0.39 is 0 Å². The van der Waals surface area contributed by atoms with Crippen molar-refractivity contribution in [3.05, 3.63) is 15.6 Å². The minimum absolute atomic E-state index is 0. The smallest absolute Gasteiger partial charge is 0.263 e. The van der Waals surface area contributed by atoms with Crippen LogP contribution in [0.1, 0.15) is 65.8 Å². The SMILES string of the molecule is Cc1nc(C2CCCC2)sc1C(=O)NCC(C)(C)N.Cl.Cl. The maximum Gasteiger partial charge on any atom is 0.263 e. The lowest BCUT2D eigenvalue weighted by Gasteiger charge is -2.18. The van der Waals surface area contributed by atoms with Crippen LogP contribution in [0.25, 0.3) is 0 Å². The van der Waals surface area contributed by atoms with Crippen molar-refractivity contribution in [3.8, 4) is 0 Å². The van der Waals surface area contributed by atoms with Gasteiger partial charge in [0.15, 0.2) is 0 Å². The number of aryl methyl sites for hydroxylation is 1. The number of hydrogen-bond donors (Lipinski definition) is 2. The normalized spacial score (nSPS) is 15.2. The minimum Gasteiger partial charge on any atom is -0.349 e. The maximum absolute atomic E-state index is 12.1. The Bertz CT molecular complexity index is 465. The minimum atomic E-state index is -0.386. The van der Waals surface area contributed by atoms with E-state index in [0.717, 1.165) is 15.6 Å². The summed E-state index contributed by atoms with van der Waals surface area (Å²) in [4.78, 5) is 17.5. The standard InChI is InChI=1S/C14H23N3OS.2ClH/c1-9-11(12(18)16-8-14(2,3)15)19-13(17-9)10-6-4-5-7-10;;/h10H,4-8,15H2,1-3H3,(H,16,18);2*1H. The van der Waals surface area contributed by atoms with Crippen molar-refractivity contribution in [2.45, 2.75) is 57.9 Å². The molecule has 0 aliphatic heterocycles. The van der Waals surface area contributed by atoms with E-state index in [0.29, 0.717) is 12.5 Å². The molecule has 0 bridgehead atoms. The van der Waals surface area contributed by atoms with Crippen molar-refractivity contribution in [2.75, 3.05) is 6.54 Å². The van der Waals surface area contributed by atoms with Gasteiger partial charge in [0.05, 0.1) is 10.7 Å². The van der Waals surface area contributed by atoms with E-state index in [-0.39, 0.29) is 36.3 Å². The number of hydrogen-bond acceptors (Lipinski definition) is 4. The Morgan fingerprint density at radius 3 is 2.48 bits per heavy atom. The second-order valence-corrected chi connectivity index (χ2v) is 7.15. The first-order valence-electron chi connectivity index (χ1n) is 6.91. The van der Waals surface area contributed by atoms with Gasteiger partial charge in [0.2, 0.25) is 0 Å². The molecular formula is C14H25Cl2N3OS. The van der Waals surface area contributed by atoms with Gasteiger partial charge in [-0.1, -0.05) is 12.8 Å². The highest BCUT2D eigenvalue weighted by atomic mass is 35.5. The summed E-state index contributed by atoms with van der Waals surface area (Å²) in [6, 6.07) is 0. The highest BCUT2D eigenvalue weighted by molar-refractivity contribution is 7.13. The molecule has 0 aromatic carbocycles. The number of nitrogens with two attached hydrogens (primary N) is 1. The molecule has 1 aliphatic rings. The summed E-state index contributed by atoms with van der Waals surface area (Å²) < 4.78 is 0. The molecule has 0 atom stereocenters. The zero-order chi connectivity index (χ0) is 14.0. The molecule has 1 fully saturated rings. The molecule has 3 N–H and O–H groups in total. The Morgan fingerprint density at radius 1 is 1.38 bits per heavy atom. The van der Waals surface area contributed by atoms with Gasteiger partial charge in [-0.3, -0.25) is 4.79 Å². The van der Waals surface area contributed by atoms with Gasteiger partial charge in [0.1, 0.15) is 4.88 Å². The van der Waals surface area contributed by atoms with Crippen LogP contribution in [0, 0.1) is 6.92 Å². The van der Waals surface area contributed by atoms with Crippen LogP contribution >= 0.6 is 36.2 Å². The number of halogens is 2. The van der Waals surface area contributed by atoms with Crippen LogP contribution < -0.4 is 11.1 Å². The first-order valence-corrected chi connectivity index (χ1v) is 7.73. The molecule has 21 heavy (non-hydrogen) atoms. The van der Waals surface area contributed by atoms with Gasteiger partial charge in [-0.25, -0.2) is 4.98 Å². The third kappa shape index (κ3) is 5.74. The van der Waals surface area contributed by atoms with Crippen LogP contribution in [0.5, 0.6) is 0 Å². The lowest BCUT2D eigenvalue weighted by Crippen LogP contribution is -2.45. The van der Waals surface area contributed by atoms with Gasteiger partial charge >= 0.3 is 0 Å². The average molecular weight is 354 g/mol. The lowest BCUT2D eigenvalue weighted by molar-refractivity contribution is 0.0949. The van der Waals surface area contributed by atoms with E-state index in [1.165, 1.54) is 25.7 Å². The van der Waals surface area contributed by atoms with E-state index >= 15 is 0 Å². The average Bonchev–Trinajstić information content (AvgIpc) is 2.93. The van der Waals surface area contributed by atoms with E-state index in [4.69, 9.17) is 5.73 Å². The van der Waals surface area contributed by atoms with Crippen molar-refractivity contribution >= 4 is 42.1 Å². The molecule has 1 aromatic rings. The number of aromatic nitrogens is 1. The number of carbonyl (C=O) groups is 1. The third-order valence-electron chi connectivity index (χ3n) is 3.43. The number of nitrogens with one attached hydrogen (secondary N) is 1. The van der Waals surface area contributed by atoms with Crippen molar-refractivity contribution in [2.24, 2.45) is 5.73 Å². The first kappa shape index (κ1) is 20.6.